The summed E-state index contributed by atoms with van der Waals surface area (Å²) in [5.74, 6) is 0.326. The quantitative estimate of drug-likeness (QED) is 0.380. The van der Waals surface area contributed by atoms with E-state index >= 15 is 0 Å². The van der Waals surface area contributed by atoms with Crippen LogP contribution in [0.3, 0.4) is 0 Å². The molecule has 0 fully saturated rings. The fourth-order valence-corrected chi connectivity index (χ4v) is 2.49. The van der Waals surface area contributed by atoms with Crippen molar-refractivity contribution in [3.8, 4) is 0 Å². The lowest BCUT2D eigenvalue weighted by atomic mass is 10.1. The van der Waals surface area contributed by atoms with E-state index in [-0.39, 0.29) is 11.7 Å². The summed E-state index contributed by atoms with van der Waals surface area (Å²) in [5.41, 5.74) is 2.54. The minimum Gasteiger partial charge on any atom is -0.352 e. The summed E-state index contributed by atoms with van der Waals surface area (Å²) in [6.07, 6.45) is 2.04. The fraction of sp³-hybridized carbons (Fsp3) is 0.333. The van der Waals surface area contributed by atoms with Gasteiger partial charge in [-0.25, -0.2) is 4.39 Å². The first-order valence-corrected chi connectivity index (χ1v) is 9.18. The minimum atomic E-state index is -0.254. The molecule has 0 radical (unpaired) electrons. The van der Waals surface area contributed by atoms with Gasteiger partial charge in [0.25, 0.3) is 5.91 Å². The van der Waals surface area contributed by atoms with Gasteiger partial charge in [0.2, 0.25) is 0 Å². The molecule has 27 heavy (non-hydrogen) atoms. The second kappa shape index (κ2) is 11.0. The number of hydrogen-bond acceptors (Lipinski definition) is 2. The van der Waals surface area contributed by atoms with Crippen molar-refractivity contribution >= 4 is 11.9 Å². The fourth-order valence-electron chi connectivity index (χ4n) is 2.49. The predicted molar refractivity (Wildman–Crippen MR) is 107 cm³/mol. The zero-order chi connectivity index (χ0) is 19.5. The van der Waals surface area contributed by atoms with E-state index in [4.69, 9.17) is 0 Å². The summed E-state index contributed by atoms with van der Waals surface area (Å²) in [4.78, 5) is 16.2. The highest BCUT2D eigenvalue weighted by Gasteiger charge is 2.05. The molecule has 5 nitrogen and oxygen atoms in total. The van der Waals surface area contributed by atoms with Crippen LogP contribution in [0.2, 0.25) is 0 Å². The van der Waals surface area contributed by atoms with Gasteiger partial charge in [-0.15, -0.1) is 0 Å². The number of unbranched alkanes of at least 4 members (excludes halogenated alkanes) is 1. The maximum atomic E-state index is 13.2. The molecule has 0 aromatic heterocycles. The van der Waals surface area contributed by atoms with E-state index in [9.17, 15) is 9.18 Å². The van der Waals surface area contributed by atoms with Gasteiger partial charge in [0.1, 0.15) is 5.82 Å². The summed E-state index contributed by atoms with van der Waals surface area (Å²) in [7, 11) is 1.69. The molecular weight excluding hydrogens is 343 g/mol. The van der Waals surface area contributed by atoms with Crippen LogP contribution in [0.1, 0.15) is 41.3 Å². The molecule has 2 aromatic carbocycles. The third-order valence-electron chi connectivity index (χ3n) is 4.06. The van der Waals surface area contributed by atoms with Crippen molar-refractivity contribution in [3.05, 3.63) is 71.0 Å². The molecule has 0 spiro atoms. The van der Waals surface area contributed by atoms with E-state index in [0.717, 1.165) is 24.0 Å². The number of amides is 1. The molecule has 0 unspecified atom stereocenters. The van der Waals surface area contributed by atoms with Crippen LogP contribution in [0.5, 0.6) is 0 Å². The average Bonchev–Trinajstić information content (AvgIpc) is 2.69. The lowest BCUT2D eigenvalue weighted by Gasteiger charge is -2.12. The molecular formula is C21H27FN4O. The van der Waals surface area contributed by atoms with Gasteiger partial charge in [-0.2, -0.15) is 0 Å². The molecule has 2 rings (SSSR count). The second-order valence-electron chi connectivity index (χ2n) is 6.22. The lowest BCUT2D eigenvalue weighted by molar-refractivity contribution is 0.0953. The Morgan fingerprint density at radius 3 is 2.33 bits per heavy atom. The molecule has 0 bridgehead atoms. The second-order valence-corrected chi connectivity index (χ2v) is 6.22. The maximum Gasteiger partial charge on any atom is 0.251 e. The summed E-state index contributed by atoms with van der Waals surface area (Å²) in [6.45, 7) is 3.84. The van der Waals surface area contributed by atoms with Gasteiger partial charge in [-0.3, -0.25) is 9.79 Å². The number of guanidine groups is 1. The summed E-state index contributed by atoms with van der Waals surface area (Å²) in [6, 6.07) is 13.9. The summed E-state index contributed by atoms with van der Waals surface area (Å²) < 4.78 is 13.2. The molecule has 2 aromatic rings. The third-order valence-corrected chi connectivity index (χ3v) is 4.06. The van der Waals surface area contributed by atoms with Gasteiger partial charge in [0.05, 0.1) is 0 Å². The lowest BCUT2D eigenvalue weighted by Crippen LogP contribution is -2.36. The number of aliphatic imine (C=N–C) groups is 1. The summed E-state index contributed by atoms with van der Waals surface area (Å²) >= 11 is 0. The van der Waals surface area contributed by atoms with Crippen molar-refractivity contribution in [1.82, 2.24) is 16.0 Å². The molecule has 0 heterocycles. The molecule has 0 atom stereocenters. The van der Waals surface area contributed by atoms with Crippen molar-refractivity contribution < 1.29 is 9.18 Å². The molecule has 144 valence electrons. The topological polar surface area (TPSA) is 65.5 Å². The molecule has 0 saturated heterocycles. The first kappa shape index (κ1) is 20.4. The van der Waals surface area contributed by atoms with Crippen LogP contribution in [-0.2, 0) is 13.1 Å². The smallest absolute Gasteiger partial charge is 0.251 e. The monoisotopic (exact) mass is 370 g/mol. The first-order valence-electron chi connectivity index (χ1n) is 9.18. The average molecular weight is 370 g/mol. The SMILES string of the molecule is CCCCNC(=O)c1ccc(CNC(=NC)NCc2cccc(F)c2)cc1. The van der Waals surface area contributed by atoms with Crippen molar-refractivity contribution in [1.29, 1.82) is 0 Å². The number of carbonyl (C=O) groups excluding carboxylic acids is 1. The Balaban J connectivity index is 1.81. The maximum absolute atomic E-state index is 13.2. The highest BCUT2D eigenvalue weighted by atomic mass is 19.1. The van der Waals surface area contributed by atoms with E-state index in [1.165, 1.54) is 12.1 Å². The Labute approximate surface area is 160 Å². The molecule has 3 N–H and O–H groups in total. The van der Waals surface area contributed by atoms with E-state index in [0.29, 0.717) is 31.2 Å². The Hall–Kier alpha value is -2.89. The van der Waals surface area contributed by atoms with Gasteiger partial charge in [0, 0.05) is 32.2 Å². The highest BCUT2D eigenvalue weighted by Crippen LogP contribution is 2.05. The van der Waals surface area contributed by atoms with Crippen molar-refractivity contribution in [2.75, 3.05) is 13.6 Å². The van der Waals surface area contributed by atoms with Crippen molar-refractivity contribution in [2.45, 2.75) is 32.9 Å². The van der Waals surface area contributed by atoms with Crippen LogP contribution in [-0.4, -0.2) is 25.5 Å². The zero-order valence-electron chi connectivity index (χ0n) is 15.9. The Morgan fingerprint density at radius 2 is 1.70 bits per heavy atom. The normalized spacial score (nSPS) is 11.1. The molecule has 0 saturated carbocycles. The molecule has 0 aliphatic heterocycles. The largest absolute Gasteiger partial charge is 0.352 e. The van der Waals surface area contributed by atoms with Crippen LogP contribution >= 0.6 is 0 Å². The van der Waals surface area contributed by atoms with Gasteiger partial charge >= 0.3 is 0 Å². The number of rotatable bonds is 8. The Bertz CT molecular complexity index is 759. The first-order chi connectivity index (χ1) is 13.1. The number of halogens is 1. The van der Waals surface area contributed by atoms with E-state index < -0.39 is 0 Å². The predicted octanol–water partition coefficient (Wildman–Crippen LogP) is 3.22. The van der Waals surface area contributed by atoms with Gasteiger partial charge in [-0.05, 0) is 41.8 Å². The number of benzene rings is 2. The van der Waals surface area contributed by atoms with Crippen LogP contribution in [0.15, 0.2) is 53.5 Å². The number of nitrogens with one attached hydrogen (secondary N) is 3. The molecule has 1 amide bonds. The molecule has 0 aliphatic rings. The van der Waals surface area contributed by atoms with Gasteiger partial charge < -0.3 is 16.0 Å². The van der Waals surface area contributed by atoms with E-state index in [2.05, 4.69) is 27.9 Å². The summed E-state index contributed by atoms with van der Waals surface area (Å²) in [5, 5.41) is 9.26. The minimum absolute atomic E-state index is 0.0458. The van der Waals surface area contributed by atoms with Gasteiger partial charge in [0.15, 0.2) is 5.96 Å². The van der Waals surface area contributed by atoms with Crippen LogP contribution in [0.25, 0.3) is 0 Å². The Morgan fingerprint density at radius 1 is 1.00 bits per heavy atom. The van der Waals surface area contributed by atoms with E-state index in [1.807, 2.05) is 30.3 Å². The van der Waals surface area contributed by atoms with Crippen molar-refractivity contribution in [2.24, 2.45) is 4.99 Å². The zero-order valence-corrected chi connectivity index (χ0v) is 15.9. The third kappa shape index (κ3) is 7.09. The molecule has 0 aliphatic carbocycles. The van der Waals surface area contributed by atoms with Crippen LogP contribution < -0.4 is 16.0 Å². The van der Waals surface area contributed by atoms with Crippen LogP contribution in [0.4, 0.5) is 4.39 Å². The van der Waals surface area contributed by atoms with Gasteiger partial charge in [-0.1, -0.05) is 37.6 Å². The highest BCUT2D eigenvalue weighted by molar-refractivity contribution is 5.94. The van der Waals surface area contributed by atoms with Crippen LogP contribution in [0, 0.1) is 5.82 Å². The standard InChI is InChI=1S/C21H27FN4O/c1-3-4-12-24-20(27)18-10-8-16(9-11-18)14-25-21(23-2)26-15-17-6-5-7-19(22)13-17/h5-11,13H,3-4,12,14-15H2,1-2H3,(H,24,27)(H2,23,25,26). The number of hydrogen-bond donors (Lipinski definition) is 3. The Kier molecular flexibility index (Phi) is 8.29. The molecule has 6 heteroatoms. The number of nitrogens with zero attached hydrogens (tertiary/aromatic N) is 1. The van der Waals surface area contributed by atoms with E-state index in [1.54, 1.807) is 13.1 Å². The number of carbonyl (C=O) groups is 1. The van der Waals surface area contributed by atoms with Crippen molar-refractivity contribution in [3.63, 3.8) is 0 Å².